The second kappa shape index (κ2) is 37.9. The van der Waals surface area contributed by atoms with Crippen LogP contribution in [0.5, 0.6) is 0 Å². The highest BCUT2D eigenvalue weighted by molar-refractivity contribution is 6.17. The fourth-order valence-electron chi connectivity index (χ4n) is 21.6. The van der Waals surface area contributed by atoms with E-state index in [0.717, 1.165) is 163 Å². The Labute approximate surface area is 847 Å². The van der Waals surface area contributed by atoms with E-state index in [-0.39, 0.29) is 0 Å². The van der Waals surface area contributed by atoms with Crippen LogP contribution in [0.1, 0.15) is 28.5 Å². The van der Waals surface area contributed by atoms with Crippen molar-refractivity contribution >= 4 is 81.6 Å². The van der Waals surface area contributed by atoms with Crippen LogP contribution in [-0.2, 0) is 0 Å². The summed E-state index contributed by atoms with van der Waals surface area (Å²) in [6.45, 7) is 10.3. The number of aryl methyl sites for hydroxylation is 5. The molecule has 0 unspecified atom stereocenters. The fourth-order valence-corrected chi connectivity index (χ4v) is 21.6. The molecule has 0 radical (unpaired) electrons. The van der Waals surface area contributed by atoms with Crippen molar-refractivity contribution in [3.63, 3.8) is 0 Å². The third kappa shape index (κ3) is 16.9. The normalized spacial score (nSPS) is 11.5. The molecule has 9 heteroatoms. The van der Waals surface area contributed by atoms with Crippen molar-refractivity contribution < 1.29 is 0 Å². The van der Waals surface area contributed by atoms with E-state index >= 15 is 0 Å². The van der Waals surface area contributed by atoms with Gasteiger partial charge in [0.25, 0.3) is 0 Å². The van der Waals surface area contributed by atoms with Crippen LogP contribution in [0.4, 0.5) is 0 Å². The van der Waals surface area contributed by atoms with Gasteiger partial charge >= 0.3 is 0 Å². The second-order valence-corrected chi connectivity index (χ2v) is 37.9. The van der Waals surface area contributed by atoms with Crippen LogP contribution in [0.25, 0.3) is 249 Å². The van der Waals surface area contributed by atoms with E-state index in [9.17, 15) is 0 Å². The number of benzene rings is 18. The molecule has 0 saturated heterocycles. The van der Waals surface area contributed by atoms with E-state index in [4.69, 9.17) is 24.9 Å². The van der Waals surface area contributed by atoms with Gasteiger partial charge in [0.05, 0.1) is 39.9 Å². The van der Waals surface area contributed by atoms with Gasteiger partial charge < -0.3 is 0 Å². The number of nitrogens with zero attached hydrogens (tertiary/aromatic N) is 9. The molecule has 9 heterocycles. The molecule has 0 atom stereocenters. The molecule has 9 aromatic heterocycles. The van der Waals surface area contributed by atoms with Gasteiger partial charge in [-0.15, -0.1) is 0 Å². The van der Waals surface area contributed by atoms with Gasteiger partial charge in [0, 0.05) is 91.6 Å². The molecule has 27 rings (SSSR count). The Kier molecular flexibility index (Phi) is 23.0. The Morgan fingerprint density at radius 2 is 0.432 bits per heavy atom. The number of imidazole rings is 3. The number of hydrogen-bond acceptors (Lipinski definition) is 6. The van der Waals surface area contributed by atoms with Gasteiger partial charge in [-0.25, -0.2) is 15.0 Å². The van der Waals surface area contributed by atoms with E-state index in [2.05, 4.69) is 494 Å². The molecule has 0 spiro atoms. The standard InChI is InChI=1S/2C46H33N3.C45H31N3/c1-30-19-24-39(31(2)47-30)37-26-36(27-38(28-37)43-29-35-14-6-7-15-40(35)41-16-8-9-17-42(41)43)32-20-22-34(23-21-32)46-45(33-12-4-3-5-13-33)48-44-18-10-11-25-49(44)46;1-30-24-36(25-31(2)47-30)38-26-37(27-39(28-38)43-29-35-14-6-7-15-40(35)41-16-8-9-17-42(41)43)32-19-21-34(22-20-32)46-45(33-12-4-3-5-13-33)48-44-18-10-11-23-49(44)46;1-30-12-11-19-42(46-30)37-27-35(26-36(28-37)41-29-34-15-5-6-16-38(34)39-17-7-8-18-40(39)41)31-21-23-33(24-22-31)45-44(32-13-3-2-4-14-32)47-43-20-9-10-25-48(43)45/h2*3-29H,1-2H3;2-29H,1H3. The first-order chi connectivity index (χ1) is 71.9. The highest BCUT2D eigenvalue weighted by Gasteiger charge is 2.24. The Morgan fingerprint density at radius 1 is 0.151 bits per heavy atom. The first-order valence-corrected chi connectivity index (χ1v) is 49.8. The SMILES string of the molecule is Cc1cc(-c2cc(-c3ccc(-c4c(-c5ccccc5)nc5ccccn45)cc3)cc(-c3cc4ccccc4c4ccccc34)c2)cc(C)n1.Cc1ccc(-c2cc(-c3ccc(-c4c(-c5ccccc5)nc5ccccn45)cc3)cc(-c3cc4ccccc4c4ccccc34)c2)c(C)n1.Cc1cccc(-c2cc(-c3ccc(-c4c(-c5ccccc5)nc5ccccn45)cc3)cc(-c3cc4ccccc4c4ccccc34)c2)n1. The quantitative estimate of drug-likeness (QED) is 0.0950. The summed E-state index contributed by atoms with van der Waals surface area (Å²) in [6.07, 6.45) is 6.29. The Balaban J connectivity index is 0.000000114. The fraction of sp³-hybridized carbons (Fsp3) is 0.0365. The first-order valence-electron chi connectivity index (χ1n) is 49.8. The van der Waals surface area contributed by atoms with Gasteiger partial charge in [0.1, 0.15) is 16.9 Å². The molecular weight excluding hydrogens is 1770 g/mol. The van der Waals surface area contributed by atoms with Crippen LogP contribution in [0.2, 0.25) is 0 Å². The Morgan fingerprint density at radius 3 is 0.795 bits per heavy atom. The lowest BCUT2D eigenvalue weighted by Gasteiger charge is -2.16. The van der Waals surface area contributed by atoms with Crippen LogP contribution in [-0.4, -0.2) is 43.1 Å². The summed E-state index contributed by atoms with van der Waals surface area (Å²) in [5.41, 5.74) is 41.7. The molecular formula is C137H97N9. The summed E-state index contributed by atoms with van der Waals surface area (Å²) >= 11 is 0. The molecule has 27 aromatic rings. The minimum atomic E-state index is 0.932. The number of pyridine rings is 6. The number of aromatic nitrogens is 9. The molecule has 0 saturated carbocycles. The lowest BCUT2D eigenvalue weighted by Crippen LogP contribution is -1.93. The van der Waals surface area contributed by atoms with Crippen molar-refractivity contribution in [1.29, 1.82) is 0 Å². The van der Waals surface area contributed by atoms with E-state index in [1.165, 1.54) is 115 Å². The van der Waals surface area contributed by atoms with Crippen LogP contribution < -0.4 is 0 Å². The van der Waals surface area contributed by atoms with E-state index in [1.54, 1.807) is 0 Å². The summed E-state index contributed by atoms with van der Waals surface area (Å²) in [7, 11) is 0. The van der Waals surface area contributed by atoms with E-state index in [1.807, 2.05) is 56.3 Å². The average molecular weight is 1870 g/mol. The predicted octanol–water partition coefficient (Wildman–Crippen LogP) is 35.7. The van der Waals surface area contributed by atoms with Gasteiger partial charge in [0.2, 0.25) is 0 Å². The molecule has 0 N–H and O–H groups in total. The summed E-state index contributed by atoms with van der Waals surface area (Å²) in [5.74, 6) is 0. The smallest absolute Gasteiger partial charge is 0.137 e. The van der Waals surface area contributed by atoms with Gasteiger partial charge in [-0.2, -0.15) is 0 Å². The summed E-state index contributed by atoms with van der Waals surface area (Å²) in [6, 6.07) is 172. The number of fused-ring (bicyclic) bond motifs is 12. The maximum Gasteiger partial charge on any atom is 0.137 e. The third-order valence-electron chi connectivity index (χ3n) is 28.4. The maximum atomic E-state index is 5.05. The second-order valence-electron chi connectivity index (χ2n) is 37.9. The van der Waals surface area contributed by atoms with Crippen molar-refractivity contribution in [1.82, 2.24) is 43.1 Å². The highest BCUT2D eigenvalue weighted by Crippen LogP contribution is 2.47. The lowest BCUT2D eigenvalue weighted by molar-refractivity contribution is 1.12. The minimum absolute atomic E-state index is 0.932. The molecule has 690 valence electrons. The first kappa shape index (κ1) is 88.5. The molecule has 0 bridgehead atoms. The predicted molar refractivity (Wildman–Crippen MR) is 609 cm³/mol. The molecule has 0 amide bonds. The topological polar surface area (TPSA) is 90.6 Å². The minimum Gasteiger partial charge on any atom is -0.299 e. The van der Waals surface area contributed by atoms with Crippen molar-refractivity contribution in [2.45, 2.75) is 34.6 Å². The molecule has 0 fully saturated rings. The summed E-state index contributed by atoms with van der Waals surface area (Å²) < 4.78 is 6.56. The summed E-state index contributed by atoms with van der Waals surface area (Å²) in [4.78, 5) is 29.6. The van der Waals surface area contributed by atoms with E-state index < -0.39 is 0 Å². The van der Waals surface area contributed by atoms with Crippen molar-refractivity contribution in [3.05, 3.63) is 526 Å². The lowest BCUT2D eigenvalue weighted by atomic mass is 9.89. The number of rotatable bonds is 15. The largest absolute Gasteiger partial charge is 0.299 e. The van der Waals surface area contributed by atoms with Gasteiger partial charge in [0.15, 0.2) is 0 Å². The monoisotopic (exact) mass is 1870 g/mol. The third-order valence-corrected chi connectivity index (χ3v) is 28.4. The van der Waals surface area contributed by atoms with E-state index in [0.29, 0.717) is 0 Å². The zero-order valence-electron chi connectivity index (χ0n) is 81.4. The van der Waals surface area contributed by atoms with Crippen molar-refractivity contribution in [2.75, 3.05) is 0 Å². The van der Waals surface area contributed by atoms with Gasteiger partial charge in [-0.05, 0) is 322 Å². The number of hydrogen-bond donors (Lipinski definition) is 0. The van der Waals surface area contributed by atoms with Gasteiger partial charge in [-0.1, -0.05) is 340 Å². The molecule has 0 aliphatic carbocycles. The molecule has 0 aliphatic rings. The zero-order chi connectivity index (χ0) is 97.8. The summed E-state index contributed by atoms with van der Waals surface area (Å²) in [5, 5.41) is 15.1. The van der Waals surface area contributed by atoms with Crippen LogP contribution in [0.15, 0.2) is 498 Å². The van der Waals surface area contributed by atoms with Crippen LogP contribution >= 0.6 is 0 Å². The van der Waals surface area contributed by atoms with Gasteiger partial charge in [-0.3, -0.25) is 28.2 Å². The van der Waals surface area contributed by atoms with Crippen molar-refractivity contribution in [2.24, 2.45) is 0 Å². The molecule has 9 nitrogen and oxygen atoms in total. The van der Waals surface area contributed by atoms with Crippen LogP contribution in [0.3, 0.4) is 0 Å². The molecule has 18 aromatic carbocycles. The Bertz CT molecular complexity index is 9700. The Hall–Kier alpha value is -19.0. The van der Waals surface area contributed by atoms with Crippen LogP contribution in [0, 0.1) is 34.6 Å². The highest BCUT2D eigenvalue weighted by atomic mass is 15.0. The molecule has 146 heavy (non-hydrogen) atoms. The maximum absolute atomic E-state index is 5.05. The average Bonchev–Trinajstić information content (AvgIpc) is 1.65. The van der Waals surface area contributed by atoms with Crippen molar-refractivity contribution in [3.8, 4) is 168 Å². The molecule has 0 aliphatic heterocycles. The zero-order valence-corrected chi connectivity index (χ0v) is 81.4.